The second-order valence-corrected chi connectivity index (χ2v) is 1.37. The van der Waals surface area contributed by atoms with Gasteiger partial charge in [0.1, 0.15) is 0 Å². The average molecular weight is 98.1 g/mol. The molecular formula is C5H8NO. The first-order valence-corrected chi connectivity index (χ1v) is 2.00. The Morgan fingerprint density at radius 2 is 2.00 bits per heavy atom. The molecule has 0 heterocycles. The Morgan fingerprint density at radius 1 is 1.57 bits per heavy atom. The highest BCUT2D eigenvalue weighted by atomic mass is 16.1. The third kappa shape index (κ3) is 5.21. The normalized spacial score (nSPS) is 7.71. The Balaban J connectivity index is 3.32. The number of allylic oxidation sites excluding steroid dienone is 1. The lowest BCUT2D eigenvalue weighted by Gasteiger charge is -1.89. The van der Waals surface area contributed by atoms with Crippen molar-refractivity contribution in [3.05, 3.63) is 12.3 Å². The first-order valence-electron chi connectivity index (χ1n) is 2.00. The molecule has 0 N–H and O–H groups in total. The maximum absolute atomic E-state index is 10.0. The van der Waals surface area contributed by atoms with Crippen molar-refractivity contribution in [3.63, 3.8) is 0 Å². The molecular weight excluding hydrogens is 90.1 g/mol. The van der Waals surface area contributed by atoms with Crippen LogP contribution in [0.5, 0.6) is 0 Å². The monoisotopic (exact) mass is 98.1 g/mol. The SMILES string of the molecule is C=C(C)[N]C(C)=O. The lowest BCUT2D eigenvalue weighted by molar-refractivity contribution is -0.118. The van der Waals surface area contributed by atoms with Gasteiger partial charge in [-0.1, -0.05) is 6.58 Å². The molecule has 1 amide bonds. The van der Waals surface area contributed by atoms with Gasteiger partial charge in [0.05, 0.1) is 0 Å². The predicted octanol–water partition coefficient (Wildman–Crippen LogP) is 0.671. The minimum Gasteiger partial charge on any atom is -0.273 e. The van der Waals surface area contributed by atoms with E-state index in [1.165, 1.54) is 6.92 Å². The van der Waals surface area contributed by atoms with Crippen molar-refractivity contribution in [2.75, 3.05) is 0 Å². The summed E-state index contributed by atoms with van der Waals surface area (Å²) in [6.07, 6.45) is 0. The predicted molar refractivity (Wildman–Crippen MR) is 27.6 cm³/mol. The highest BCUT2D eigenvalue weighted by Gasteiger charge is 1.88. The van der Waals surface area contributed by atoms with Gasteiger partial charge in [0.2, 0.25) is 5.91 Å². The molecule has 0 rings (SSSR count). The minimum absolute atomic E-state index is 0.187. The Morgan fingerprint density at radius 3 is 2.00 bits per heavy atom. The van der Waals surface area contributed by atoms with Crippen LogP contribution in [-0.2, 0) is 4.79 Å². The molecule has 39 valence electrons. The third-order valence-electron chi connectivity index (χ3n) is 0.348. The van der Waals surface area contributed by atoms with Gasteiger partial charge in [-0.2, -0.15) is 0 Å². The van der Waals surface area contributed by atoms with Gasteiger partial charge < -0.3 is 0 Å². The first kappa shape index (κ1) is 6.21. The fourth-order valence-electron chi connectivity index (χ4n) is 0.269. The summed E-state index contributed by atoms with van der Waals surface area (Å²) in [7, 11) is 0. The molecule has 1 radical (unpaired) electrons. The molecule has 0 aliphatic rings. The van der Waals surface area contributed by atoms with E-state index < -0.39 is 0 Å². The van der Waals surface area contributed by atoms with Gasteiger partial charge in [-0.25, -0.2) is 5.32 Å². The zero-order chi connectivity index (χ0) is 5.86. The van der Waals surface area contributed by atoms with Gasteiger partial charge in [-0.3, -0.25) is 4.79 Å². The number of hydrogen-bond donors (Lipinski definition) is 0. The number of carbonyl (C=O) groups is 1. The molecule has 0 atom stereocenters. The molecule has 0 fully saturated rings. The largest absolute Gasteiger partial charge is 0.273 e. The van der Waals surface area contributed by atoms with Crippen molar-refractivity contribution >= 4 is 5.91 Å². The quantitative estimate of drug-likeness (QED) is 0.474. The maximum Gasteiger partial charge on any atom is 0.242 e. The van der Waals surface area contributed by atoms with Gasteiger partial charge in [0.15, 0.2) is 0 Å². The van der Waals surface area contributed by atoms with Crippen molar-refractivity contribution in [2.45, 2.75) is 13.8 Å². The van der Waals surface area contributed by atoms with Crippen LogP contribution in [0.15, 0.2) is 12.3 Å². The number of carbonyl (C=O) groups excluding carboxylic acids is 1. The molecule has 0 aromatic rings. The van der Waals surface area contributed by atoms with Crippen LogP contribution in [0.1, 0.15) is 13.8 Å². The van der Waals surface area contributed by atoms with Gasteiger partial charge in [0, 0.05) is 12.6 Å². The molecule has 0 saturated heterocycles. The van der Waals surface area contributed by atoms with Crippen LogP contribution < -0.4 is 5.32 Å². The van der Waals surface area contributed by atoms with Gasteiger partial charge in [-0.15, -0.1) is 0 Å². The van der Waals surface area contributed by atoms with E-state index in [-0.39, 0.29) is 5.91 Å². The number of rotatable bonds is 1. The van der Waals surface area contributed by atoms with E-state index in [1.54, 1.807) is 6.92 Å². The van der Waals surface area contributed by atoms with Crippen molar-refractivity contribution in [3.8, 4) is 0 Å². The lowest BCUT2D eigenvalue weighted by atomic mass is 10.5. The highest BCUT2D eigenvalue weighted by molar-refractivity contribution is 5.74. The van der Waals surface area contributed by atoms with Crippen molar-refractivity contribution < 1.29 is 4.79 Å². The summed E-state index contributed by atoms with van der Waals surface area (Å²) in [6, 6.07) is 0. The van der Waals surface area contributed by atoms with E-state index in [0.29, 0.717) is 5.70 Å². The Hall–Kier alpha value is -0.790. The summed E-state index contributed by atoms with van der Waals surface area (Å²) in [5.74, 6) is -0.187. The fourth-order valence-corrected chi connectivity index (χ4v) is 0.269. The van der Waals surface area contributed by atoms with E-state index in [9.17, 15) is 4.79 Å². The first-order chi connectivity index (χ1) is 3.13. The smallest absolute Gasteiger partial charge is 0.242 e. The van der Waals surface area contributed by atoms with Gasteiger partial charge in [-0.05, 0) is 6.92 Å². The van der Waals surface area contributed by atoms with Crippen LogP contribution in [0.3, 0.4) is 0 Å². The second-order valence-electron chi connectivity index (χ2n) is 1.37. The van der Waals surface area contributed by atoms with Crippen LogP contribution in [0.25, 0.3) is 0 Å². The van der Waals surface area contributed by atoms with Crippen molar-refractivity contribution in [1.29, 1.82) is 0 Å². The Bertz CT molecular complexity index is 84.3. The topological polar surface area (TPSA) is 31.2 Å². The van der Waals surface area contributed by atoms with Crippen LogP contribution in [-0.4, -0.2) is 5.91 Å². The van der Waals surface area contributed by atoms with Crippen molar-refractivity contribution in [1.82, 2.24) is 5.32 Å². The summed E-state index contributed by atoms with van der Waals surface area (Å²) in [6.45, 7) is 6.49. The molecule has 0 bridgehead atoms. The van der Waals surface area contributed by atoms with Gasteiger partial charge in [0.25, 0.3) is 0 Å². The summed E-state index contributed by atoms with van der Waals surface area (Å²) in [4.78, 5) is 10.0. The van der Waals surface area contributed by atoms with Crippen molar-refractivity contribution in [2.24, 2.45) is 0 Å². The fraction of sp³-hybridized carbons (Fsp3) is 0.400. The summed E-state index contributed by atoms with van der Waals surface area (Å²) < 4.78 is 0. The Kier molecular flexibility index (Phi) is 2.12. The van der Waals surface area contributed by atoms with Crippen LogP contribution >= 0.6 is 0 Å². The maximum atomic E-state index is 10.0. The average Bonchev–Trinajstić information content (AvgIpc) is 1.27. The highest BCUT2D eigenvalue weighted by Crippen LogP contribution is 1.78. The molecule has 0 saturated carbocycles. The number of amides is 1. The molecule has 0 aliphatic heterocycles. The zero-order valence-corrected chi connectivity index (χ0v) is 4.56. The molecule has 0 aromatic heterocycles. The van der Waals surface area contributed by atoms with E-state index in [4.69, 9.17) is 0 Å². The molecule has 0 unspecified atom stereocenters. The summed E-state index contributed by atoms with van der Waals surface area (Å²) in [5, 5.41) is 3.44. The number of nitrogens with zero attached hydrogens (tertiary/aromatic N) is 1. The van der Waals surface area contributed by atoms with E-state index in [0.717, 1.165) is 0 Å². The number of hydrogen-bond acceptors (Lipinski definition) is 1. The van der Waals surface area contributed by atoms with Crippen LogP contribution in [0.4, 0.5) is 0 Å². The standard InChI is InChI=1S/C5H8NO/c1-4(2)6-5(3)7/h1H2,2-3H3. The minimum atomic E-state index is -0.187. The molecule has 2 heteroatoms. The zero-order valence-electron chi connectivity index (χ0n) is 4.56. The molecule has 0 spiro atoms. The van der Waals surface area contributed by atoms with E-state index in [2.05, 4.69) is 11.9 Å². The molecule has 0 aromatic carbocycles. The Labute approximate surface area is 43.2 Å². The summed E-state index contributed by atoms with van der Waals surface area (Å²) in [5.41, 5.74) is 0.562. The molecule has 7 heavy (non-hydrogen) atoms. The van der Waals surface area contributed by atoms with Crippen LogP contribution in [0, 0.1) is 0 Å². The van der Waals surface area contributed by atoms with E-state index in [1.807, 2.05) is 0 Å². The lowest BCUT2D eigenvalue weighted by Crippen LogP contribution is -2.06. The molecule has 2 nitrogen and oxygen atoms in total. The van der Waals surface area contributed by atoms with E-state index >= 15 is 0 Å². The van der Waals surface area contributed by atoms with Gasteiger partial charge >= 0.3 is 0 Å². The van der Waals surface area contributed by atoms with Crippen LogP contribution in [0.2, 0.25) is 0 Å². The summed E-state index contributed by atoms with van der Waals surface area (Å²) >= 11 is 0. The molecule has 0 aliphatic carbocycles. The second kappa shape index (κ2) is 2.39. The third-order valence-corrected chi connectivity index (χ3v) is 0.348.